The highest BCUT2D eigenvalue weighted by Crippen LogP contribution is 2.22. The lowest BCUT2D eigenvalue weighted by atomic mass is 10.1. The number of H-pyrrole nitrogens is 1. The summed E-state index contributed by atoms with van der Waals surface area (Å²) in [5.41, 5.74) is 9.64. The Balaban J connectivity index is 0.00000264. The first-order chi connectivity index (χ1) is 10.7. The minimum Gasteiger partial charge on any atom is -0.361 e. The number of aryl methyl sites for hydroxylation is 1. The number of halogens is 1. The average Bonchev–Trinajstić information content (AvgIpc) is 2.95. The summed E-state index contributed by atoms with van der Waals surface area (Å²) in [6.07, 6.45) is 6.61. The van der Waals surface area contributed by atoms with Crippen LogP contribution in [0.2, 0.25) is 0 Å². The van der Waals surface area contributed by atoms with Gasteiger partial charge < -0.3 is 16.0 Å². The van der Waals surface area contributed by atoms with Gasteiger partial charge in [0.25, 0.3) is 0 Å². The fraction of sp³-hybridized carbons (Fsp3) is 0.471. The van der Waals surface area contributed by atoms with Gasteiger partial charge in [0.15, 0.2) is 0 Å². The van der Waals surface area contributed by atoms with Crippen molar-refractivity contribution in [3.05, 3.63) is 35.5 Å². The topological polar surface area (TPSA) is 70.9 Å². The quantitative estimate of drug-likeness (QED) is 0.681. The van der Waals surface area contributed by atoms with Crippen LogP contribution in [0.3, 0.4) is 0 Å². The Labute approximate surface area is 148 Å². The van der Waals surface area contributed by atoms with Crippen LogP contribution in [0.25, 0.3) is 10.9 Å². The molecule has 1 amide bonds. The highest BCUT2D eigenvalue weighted by Gasteiger charge is 2.12. The molecule has 0 radical (unpaired) electrons. The lowest BCUT2D eigenvalue weighted by Gasteiger charge is -2.11. The molecular weight excluding hydrogens is 330 g/mol. The van der Waals surface area contributed by atoms with Crippen LogP contribution in [0, 0.1) is 0 Å². The first-order valence-corrected chi connectivity index (χ1v) is 9.16. The summed E-state index contributed by atoms with van der Waals surface area (Å²) < 4.78 is 0. The molecule has 1 aromatic carbocycles. The predicted molar refractivity (Wildman–Crippen MR) is 103 cm³/mol. The van der Waals surface area contributed by atoms with Gasteiger partial charge in [0.1, 0.15) is 0 Å². The Morgan fingerprint density at radius 2 is 2.17 bits per heavy atom. The largest absolute Gasteiger partial charge is 0.361 e. The summed E-state index contributed by atoms with van der Waals surface area (Å²) in [7, 11) is 0. The first-order valence-electron chi connectivity index (χ1n) is 7.77. The van der Waals surface area contributed by atoms with E-state index in [4.69, 9.17) is 5.73 Å². The number of carbonyl (C=O) groups excluding carboxylic acids is 1. The fourth-order valence-corrected chi connectivity index (χ4v) is 3.09. The van der Waals surface area contributed by atoms with Gasteiger partial charge in [-0.3, -0.25) is 4.79 Å². The van der Waals surface area contributed by atoms with Gasteiger partial charge in [0, 0.05) is 23.6 Å². The number of fused-ring (bicyclic) bond motifs is 1. The number of nitrogens with one attached hydrogen (secondary N) is 2. The predicted octanol–water partition coefficient (Wildman–Crippen LogP) is 2.89. The summed E-state index contributed by atoms with van der Waals surface area (Å²) in [6, 6.07) is 5.97. The van der Waals surface area contributed by atoms with E-state index in [0.717, 1.165) is 25.0 Å². The molecule has 0 bridgehead atoms. The Kier molecular flexibility index (Phi) is 8.52. The van der Waals surface area contributed by atoms with Crippen LogP contribution in [0.5, 0.6) is 0 Å². The van der Waals surface area contributed by atoms with Crippen molar-refractivity contribution in [3.8, 4) is 0 Å². The molecule has 0 saturated heterocycles. The zero-order chi connectivity index (χ0) is 15.9. The van der Waals surface area contributed by atoms with Gasteiger partial charge in [-0.05, 0) is 42.4 Å². The molecule has 0 fully saturated rings. The normalized spacial score (nSPS) is 12.0. The van der Waals surface area contributed by atoms with Crippen molar-refractivity contribution in [3.63, 3.8) is 0 Å². The molecule has 1 atom stereocenters. The Hall–Kier alpha value is -1.17. The molecule has 0 aliphatic rings. The number of thioether (sulfide) groups is 1. The third-order valence-corrected chi connectivity index (χ3v) is 4.58. The molecule has 0 aliphatic carbocycles. The molecule has 2 rings (SSSR count). The number of aromatic nitrogens is 1. The Bertz CT molecular complexity index is 629. The van der Waals surface area contributed by atoms with E-state index in [1.807, 2.05) is 12.5 Å². The second-order valence-electron chi connectivity index (χ2n) is 5.44. The number of nitrogens with two attached hydrogens (primary N) is 1. The molecule has 128 valence electrons. The molecule has 2 aromatic rings. The maximum absolute atomic E-state index is 11.9. The average molecular weight is 356 g/mol. The van der Waals surface area contributed by atoms with Crippen LogP contribution in [0.1, 0.15) is 24.5 Å². The Morgan fingerprint density at radius 1 is 1.39 bits per heavy atom. The van der Waals surface area contributed by atoms with Crippen molar-refractivity contribution >= 4 is 41.0 Å². The molecule has 0 unspecified atom stereocenters. The summed E-state index contributed by atoms with van der Waals surface area (Å²) in [5.74, 6) is 0.861. The Morgan fingerprint density at radius 3 is 2.87 bits per heavy atom. The van der Waals surface area contributed by atoms with Crippen molar-refractivity contribution < 1.29 is 4.79 Å². The maximum atomic E-state index is 11.9. The van der Waals surface area contributed by atoms with Crippen LogP contribution in [0.4, 0.5) is 0 Å². The molecular formula is C17H26ClN3OS. The van der Waals surface area contributed by atoms with Gasteiger partial charge >= 0.3 is 0 Å². The van der Waals surface area contributed by atoms with Crippen molar-refractivity contribution in [2.75, 3.05) is 18.6 Å². The molecule has 6 heteroatoms. The van der Waals surface area contributed by atoms with E-state index in [1.54, 1.807) is 11.8 Å². The van der Waals surface area contributed by atoms with E-state index in [1.165, 1.54) is 22.0 Å². The number of hydrogen-bond acceptors (Lipinski definition) is 3. The molecule has 0 spiro atoms. The SMILES string of the molecule is CCc1cccc2c(CCNC(=O)[C@@H](N)CCSC)c[nH]c12.Cl. The number of benzene rings is 1. The zero-order valence-corrected chi connectivity index (χ0v) is 15.4. The van der Waals surface area contributed by atoms with Gasteiger partial charge in [0.2, 0.25) is 5.91 Å². The molecule has 23 heavy (non-hydrogen) atoms. The van der Waals surface area contributed by atoms with Gasteiger partial charge in [-0.2, -0.15) is 11.8 Å². The van der Waals surface area contributed by atoms with E-state index in [9.17, 15) is 4.79 Å². The van der Waals surface area contributed by atoms with Crippen LogP contribution in [0.15, 0.2) is 24.4 Å². The van der Waals surface area contributed by atoms with Crippen LogP contribution in [-0.4, -0.2) is 35.5 Å². The monoisotopic (exact) mass is 355 g/mol. The molecule has 4 nitrogen and oxygen atoms in total. The molecule has 0 saturated carbocycles. The summed E-state index contributed by atoms with van der Waals surface area (Å²) in [4.78, 5) is 15.2. The number of amides is 1. The van der Waals surface area contributed by atoms with Crippen LogP contribution < -0.4 is 11.1 Å². The van der Waals surface area contributed by atoms with Gasteiger partial charge in [-0.25, -0.2) is 0 Å². The lowest BCUT2D eigenvalue weighted by Crippen LogP contribution is -2.41. The highest BCUT2D eigenvalue weighted by atomic mass is 35.5. The third-order valence-electron chi connectivity index (χ3n) is 3.93. The molecule has 1 aromatic heterocycles. The first kappa shape index (κ1) is 19.9. The summed E-state index contributed by atoms with van der Waals surface area (Å²) in [6.45, 7) is 2.78. The standard InChI is InChI=1S/C17H25N3OS.ClH/c1-3-12-5-4-6-14-13(11-20-16(12)14)7-9-19-17(21)15(18)8-10-22-2;/h4-6,11,15,20H,3,7-10,18H2,1-2H3,(H,19,21);1H/t15-;/m0./s1. The lowest BCUT2D eigenvalue weighted by molar-refractivity contribution is -0.122. The van der Waals surface area contributed by atoms with Crippen molar-refractivity contribution in [1.29, 1.82) is 0 Å². The van der Waals surface area contributed by atoms with E-state index >= 15 is 0 Å². The summed E-state index contributed by atoms with van der Waals surface area (Å²) >= 11 is 1.71. The van der Waals surface area contributed by atoms with Crippen LogP contribution >= 0.6 is 24.2 Å². The molecule has 1 heterocycles. The summed E-state index contributed by atoms with van der Waals surface area (Å²) in [5, 5.41) is 4.19. The minimum atomic E-state index is -0.401. The zero-order valence-electron chi connectivity index (χ0n) is 13.7. The van der Waals surface area contributed by atoms with Gasteiger partial charge in [-0.15, -0.1) is 12.4 Å². The van der Waals surface area contributed by atoms with Crippen LogP contribution in [-0.2, 0) is 17.6 Å². The van der Waals surface area contributed by atoms with Crippen molar-refractivity contribution in [2.45, 2.75) is 32.2 Å². The van der Waals surface area contributed by atoms with Gasteiger partial charge in [-0.1, -0.05) is 25.1 Å². The number of rotatable bonds is 8. The number of para-hydroxylation sites is 1. The van der Waals surface area contributed by atoms with E-state index in [2.05, 4.69) is 35.4 Å². The highest BCUT2D eigenvalue weighted by molar-refractivity contribution is 7.98. The van der Waals surface area contributed by atoms with E-state index in [-0.39, 0.29) is 18.3 Å². The smallest absolute Gasteiger partial charge is 0.236 e. The second kappa shape index (κ2) is 9.85. The number of hydrogen-bond donors (Lipinski definition) is 3. The van der Waals surface area contributed by atoms with Gasteiger partial charge in [0.05, 0.1) is 6.04 Å². The molecule has 4 N–H and O–H groups in total. The number of aromatic amines is 1. The molecule has 0 aliphatic heterocycles. The second-order valence-corrected chi connectivity index (χ2v) is 6.42. The fourth-order valence-electron chi connectivity index (χ4n) is 2.60. The van der Waals surface area contributed by atoms with E-state index in [0.29, 0.717) is 6.54 Å². The van der Waals surface area contributed by atoms with Crippen molar-refractivity contribution in [1.82, 2.24) is 10.3 Å². The maximum Gasteiger partial charge on any atom is 0.236 e. The third kappa shape index (κ3) is 5.16. The van der Waals surface area contributed by atoms with Crippen molar-refractivity contribution in [2.24, 2.45) is 5.73 Å². The minimum absolute atomic E-state index is 0. The number of carbonyl (C=O) groups is 1. The van der Waals surface area contributed by atoms with E-state index < -0.39 is 6.04 Å².